The highest BCUT2D eigenvalue weighted by molar-refractivity contribution is 7.84. The second-order valence-electron chi connectivity index (χ2n) is 1.64. The van der Waals surface area contributed by atoms with Crippen molar-refractivity contribution in [1.29, 1.82) is 0 Å². The van der Waals surface area contributed by atoms with E-state index in [-0.39, 0.29) is 0 Å². The fourth-order valence-electron chi connectivity index (χ4n) is 0.369. The highest BCUT2D eigenvalue weighted by Crippen LogP contribution is 1.96. The Morgan fingerprint density at radius 1 is 1.75 bits per heavy atom. The van der Waals surface area contributed by atoms with Gasteiger partial charge in [-0.1, -0.05) is 32.0 Å². The van der Waals surface area contributed by atoms with Gasteiger partial charge in [-0.15, -0.1) is 0 Å². The topological polar surface area (TPSA) is 3.24 Å². The molecular weight excluding hydrogens is 138 g/mol. The van der Waals surface area contributed by atoms with Gasteiger partial charge in [0.1, 0.15) is 0 Å². The molecule has 1 nitrogen and oxygen atoms in total. The lowest BCUT2D eigenvalue weighted by Crippen LogP contribution is -2.16. The minimum Gasteiger partial charge on any atom is -0.313 e. The lowest BCUT2D eigenvalue weighted by Gasteiger charge is -2.12. The largest absolute Gasteiger partial charge is 0.313 e. The molecule has 0 rings (SSSR count). The van der Waals surface area contributed by atoms with Crippen LogP contribution in [0.5, 0.6) is 0 Å². The number of thiocarbonyl (C=S) groups is 1. The van der Waals surface area contributed by atoms with E-state index in [1.165, 1.54) is 0 Å². The van der Waals surface area contributed by atoms with Crippen molar-refractivity contribution < 1.29 is 0 Å². The SMILES string of the molecule is CCCN(S)C(C)=S. The van der Waals surface area contributed by atoms with Gasteiger partial charge in [0, 0.05) is 6.54 Å². The van der Waals surface area contributed by atoms with E-state index < -0.39 is 0 Å². The van der Waals surface area contributed by atoms with Gasteiger partial charge >= 0.3 is 0 Å². The molecule has 0 aliphatic rings. The van der Waals surface area contributed by atoms with Crippen LogP contribution in [0.15, 0.2) is 0 Å². The van der Waals surface area contributed by atoms with E-state index in [1.807, 2.05) is 6.92 Å². The molecule has 0 aliphatic carbocycles. The van der Waals surface area contributed by atoms with Gasteiger partial charge in [-0.05, 0) is 13.3 Å². The number of hydrogen-bond donors (Lipinski definition) is 1. The molecular formula is C5H11NS2. The van der Waals surface area contributed by atoms with Crippen LogP contribution in [0.4, 0.5) is 0 Å². The Morgan fingerprint density at radius 2 is 2.25 bits per heavy atom. The zero-order chi connectivity index (χ0) is 6.57. The quantitative estimate of drug-likeness (QED) is 0.472. The third kappa shape index (κ3) is 3.27. The van der Waals surface area contributed by atoms with Crippen LogP contribution in [0, 0.1) is 0 Å². The third-order valence-electron chi connectivity index (χ3n) is 0.799. The molecule has 0 aromatic rings. The van der Waals surface area contributed by atoms with Crippen LogP contribution in [0.2, 0.25) is 0 Å². The van der Waals surface area contributed by atoms with Crippen LogP contribution in [0.25, 0.3) is 0 Å². The predicted octanol–water partition coefficient (Wildman–Crippen LogP) is 1.89. The van der Waals surface area contributed by atoms with Crippen molar-refractivity contribution in [3.8, 4) is 0 Å². The maximum atomic E-state index is 4.83. The molecule has 0 fully saturated rings. The molecule has 48 valence electrons. The second-order valence-corrected chi connectivity index (χ2v) is 2.72. The Morgan fingerprint density at radius 3 is 2.38 bits per heavy atom. The second kappa shape index (κ2) is 4.15. The van der Waals surface area contributed by atoms with Gasteiger partial charge in [0.25, 0.3) is 0 Å². The van der Waals surface area contributed by atoms with E-state index in [4.69, 9.17) is 12.2 Å². The molecule has 8 heavy (non-hydrogen) atoms. The van der Waals surface area contributed by atoms with Crippen molar-refractivity contribution in [1.82, 2.24) is 4.31 Å². The molecule has 0 N–H and O–H groups in total. The monoisotopic (exact) mass is 149 g/mol. The first kappa shape index (κ1) is 8.24. The van der Waals surface area contributed by atoms with Crippen molar-refractivity contribution in [2.75, 3.05) is 6.54 Å². The Balaban J connectivity index is 3.32. The predicted molar refractivity (Wildman–Crippen MR) is 44.3 cm³/mol. The number of thiol groups is 1. The molecule has 0 unspecified atom stereocenters. The molecule has 0 heterocycles. The van der Waals surface area contributed by atoms with Crippen molar-refractivity contribution in [3.63, 3.8) is 0 Å². The average molecular weight is 149 g/mol. The molecule has 0 atom stereocenters. The van der Waals surface area contributed by atoms with E-state index in [0.29, 0.717) is 0 Å². The lowest BCUT2D eigenvalue weighted by atomic mass is 10.5. The van der Waals surface area contributed by atoms with Crippen LogP contribution in [-0.4, -0.2) is 15.8 Å². The van der Waals surface area contributed by atoms with Crippen molar-refractivity contribution in [2.45, 2.75) is 20.3 Å². The molecule has 0 amide bonds. The van der Waals surface area contributed by atoms with Gasteiger partial charge in [0.15, 0.2) is 0 Å². The summed E-state index contributed by atoms with van der Waals surface area (Å²) in [4.78, 5) is 0.843. The van der Waals surface area contributed by atoms with E-state index in [1.54, 1.807) is 4.31 Å². The fraction of sp³-hybridized carbons (Fsp3) is 0.800. The van der Waals surface area contributed by atoms with Gasteiger partial charge in [-0.2, -0.15) is 0 Å². The van der Waals surface area contributed by atoms with Gasteiger partial charge in [0.2, 0.25) is 0 Å². The van der Waals surface area contributed by atoms with Crippen molar-refractivity contribution >= 4 is 30.0 Å². The Hall–Kier alpha value is 0.240. The first-order chi connectivity index (χ1) is 3.68. The minimum absolute atomic E-state index is 0.843. The highest BCUT2D eigenvalue weighted by Gasteiger charge is 1.93. The molecule has 3 heteroatoms. The maximum absolute atomic E-state index is 4.83. The summed E-state index contributed by atoms with van der Waals surface area (Å²) in [5.74, 6) is 0. The first-order valence-corrected chi connectivity index (χ1v) is 3.46. The Labute approximate surface area is 61.6 Å². The highest BCUT2D eigenvalue weighted by atomic mass is 32.1. The zero-order valence-electron chi connectivity index (χ0n) is 5.22. The van der Waals surface area contributed by atoms with Gasteiger partial charge in [-0.3, -0.25) is 0 Å². The van der Waals surface area contributed by atoms with Crippen LogP contribution >= 0.6 is 25.0 Å². The smallest absolute Gasteiger partial charge is 0.0845 e. The summed E-state index contributed by atoms with van der Waals surface area (Å²) in [5.41, 5.74) is 0. The number of hydrogen-bond acceptors (Lipinski definition) is 2. The average Bonchev–Trinajstić information content (AvgIpc) is 1.67. The first-order valence-electron chi connectivity index (χ1n) is 2.65. The van der Waals surface area contributed by atoms with Crippen LogP contribution < -0.4 is 0 Å². The molecule has 0 aliphatic heterocycles. The molecule has 0 saturated heterocycles. The summed E-state index contributed by atoms with van der Waals surface area (Å²) in [6.07, 6.45) is 1.09. The molecule has 0 aromatic heterocycles. The van der Waals surface area contributed by atoms with E-state index in [2.05, 4.69) is 19.7 Å². The molecule has 0 radical (unpaired) electrons. The maximum Gasteiger partial charge on any atom is 0.0845 e. The molecule has 0 aromatic carbocycles. The number of rotatable bonds is 2. The summed E-state index contributed by atoms with van der Waals surface area (Å²) in [6.45, 7) is 4.91. The number of nitrogens with zero attached hydrogens (tertiary/aromatic N) is 1. The normalized spacial score (nSPS) is 8.88. The Kier molecular flexibility index (Phi) is 4.28. The van der Waals surface area contributed by atoms with Gasteiger partial charge < -0.3 is 4.31 Å². The lowest BCUT2D eigenvalue weighted by molar-refractivity contribution is 0.666. The van der Waals surface area contributed by atoms with Gasteiger partial charge in [0.05, 0.1) is 4.99 Å². The third-order valence-corrected chi connectivity index (χ3v) is 1.65. The van der Waals surface area contributed by atoms with Crippen LogP contribution in [0.1, 0.15) is 20.3 Å². The fourth-order valence-corrected chi connectivity index (χ4v) is 0.661. The standard InChI is InChI=1S/C5H11NS2/c1-3-4-6(8)5(2)7/h8H,3-4H2,1-2H3. The van der Waals surface area contributed by atoms with Crippen LogP contribution in [-0.2, 0) is 0 Å². The summed E-state index contributed by atoms with van der Waals surface area (Å²) in [7, 11) is 0. The Bertz CT molecular complexity index is 82.5. The van der Waals surface area contributed by atoms with E-state index in [9.17, 15) is 0 Å². The summed E-state index contributed by atoms with van der Waals surface area (Å²) < 4.78 is 1.77. The van der Waals surface area contributed by atoms with Crippen molar-refractivity contribution in [3.05, 3.63) is 0 Å². The zero-order valence-corrected chi connectivity index (χ0v) is 6.93. The summed E-state index contributed by atoms with van der Waals surface area (Å²) >= 11 is 8.93. The van der Waals surface area contributed by atoms with E-state index in [0.717, 1.165) is 18.0 Å². The molecule has 0 saturated carbocycles. The molecule has 0 bridgehead atoms. The molecule has 0 spiro atoms. The minimum atomic E-state index is 0.843. The van der Waals surface area contributed by atoms with Gasteiger partial charge in [-0.25, -0.2) is 0 Å². The summed E-state index contributed by atoms with van der Waals surface area (Å²) in [5, 5.41) is 0. The van der Waals surface area contributed by atoms with E-state index >= 15 is 0 Å². The van der Waals surface area contributed by atoms with Crippen molar-refractivity contribution in [2.24, 2.45) is 0 Å². The van der Waals surface area contributed by atoms with Crippen LogP contribution in [0.3, 0.4) is 0 Å². The summed E-state index contributed by atoms with van der Waals surface area (Å²) in [6, 6.07) is 0.